The van der Waals surface area contributed by atoms with Crippen LogP contribution in [0.2, 0.25) is 0 Å². The fourth-order valence-electron chi connectivity index (χ4n) is 2.91. The molecule has 25 heavy (non-hydrogen) atoms. The second-order valence-corrected chi connectivity index (χ2v) is 6.05. The average Bonchev–Trinajstić information content (AvgIpc) is 3.11. The number of carbonyl (C=O) groups is 1. The van der Waals surface area contributed by atoms with Gasteiger partial charge in [0.05, 0.1) is 23.3 Å². The zero-order valence-corrected chi connectivity index (χ0v) is 13.8. The van der Waals surface area contributed by atoms with Crippen molar-refractivity contribution < 1.29 is 9.53 Å². The molecule has 0 saturated carbocycles. The number of carbonyl (C=O) groups excluding carboxylic acids is 1. The van der Waals surface area contributed by atoms with Crippen LogP contribution in [0.25, 0.3) is 11.0 Å². The Balaban J connectivity index is 1.45. The Hall–Kier alpha value is -3.09. The Labute approximate surface area is 144 Å². The third-order valence-electron chi connectivity index (χ3n) is 4.21. The molecule has 1 saturated heterocycles. The van der Waals surface area contributed by atoms with Crippen molar-refractivity contribution in [1.82, 2.24) is 25.1 Å². The largest absolute Gasteiger partial charge is 0.471 e. The fraction of sp³-hybridized carbons (Fsp3) is 0.278. The van der Waals surface area contributed by atoms with E-state index >= 15 is 0 Å². The van der Waals surface area contributed by atoms with Crippen molar-refractivity contribution in [2.75, 3.05) is 13.1 Å². The number of ether oxygens (including phenoxy) is 1. The highest BCUT2D eigenvalue weighted by molar-refractivity contribution is 5.97. The maximum absolute atomic E-state index is 12.7. The molecule has 3 aromatic rings. The quantitative estimate of drug-likeness (QED) is 0.728. The highest BCUT2D eigenvalue weighted by atomic mass is 16.5. The van der Waals surface area contributed by atoms with Gasteiger partial charge in [-0.3, -0.25) is 14.8 Å². The van der Waals surface area contributed by atoms with Crippen LogP contribution in [0, 0.1) is 6.92 Å². The van der Waals surface area contributed by atoms with Crippen LogP contribution in [0.5, 0.6) is 5.88 Å². The zero-order valence-electron chi connectivity index (χ0n) is 13.8. The molecule has 1 aliphatic rings. The van der Waals surface area contributed by atoms with Gasteiger partial charge in [-0.05, 0) is 31.2 Å². The van der Waals surface area contributed by atoms with Crippen molar-refractivity contribution in [3.8, 4) is 5.88 Å². The minimum atomic E-state index is -0.0683. The molecule has 1 atom stereocenters. The first-order chi connectivity index (χ1) is 12.2. The molecule has 4 rings (SSSR count). The van der Waals surface area contributed by atoms with Gasteiger partial charge >= 0.3 is 0 Å². The number of rotatable bonds is 3. The summed E-state index contributed by atoms with van der Waals surface area (Å²) in [7, 11) is 0. The molecule has 0 radical (unpaired) electrons. The Morgan fingerprint density at radius 2 is 1.96 bits per heavy atom. The average molecular weight is 335 g/mol. The summed E-state index contributed by atoms with van der Waals surface area (Å²) in [6.45, 7) is 3.06. The second-order valence-electron chi connectivity index (χ2n) is 6.05. The predicted octanol–water partition coefficient (Wildman–Crippen LogP) is 2.02. The Morgan fingerprint density at radius 1 is 1.12 bits per heavy atom. The summed E-state index contributed by atoms with van der Waals surface area (Å²) in [5.41, 5.74) is 2.95. The minimum absolute atomic E-state index is 0.0198. The lowest BCUT2D eigenvalue weighted by molar-refractivity contribution is 0.0771. The molecule has 126 valence electrons. The number of aromatic nitrogens is 4. The molecular formula is C18H17N5O2. The molecule has 0 bridgehead atoms. The third-order valence-corrected chi connectivity index (χ3v) is 4.21. The van der Waals surface area contributed by atoms with Crippen LogP contribution in [-0.4, -0.2) is 50.2 Å². The Bertz CT molecular complexity index is 913. The first kappa shape index (κ1) is 15.4. The Morgan fingerprint density at radius 3 is 2.76 bits per heavy atom. The number of fused-ring (bicyclic) bond motifs is 1. The minimum Gasteiger partial charge on any atom is -0.471 e. The van der Waals surface area contributed by atoms with Gasteiger partial charge in [0, 0.05) is 37.0 Å². The van der Waals surface area contributed by atoms with E-state index in [2.05, 4.69) is 20.2 Å². The smallest absolute Gasteiger partial charge is 0.254 e. The summed E-state index contributed by atoms with van der Waals surface area (Å²) in [6, 6.07) is 9.05. The number of hydrogen-bond acceptors (Lipinski definition) is 6. The molecule has 1 fully saturated rings. The van der Waals surface area contributed by atoms with E-state index in [0.29, 0.717) is 24.5 Å². The molecule has 7 nitrogen and oxygen atoms in total. The van der Waals surface area contributed by atoms with Crippen molar-refractivity contribution in [2.24, 2.45) is 0 Å². The summed E-state index contributed by atoms with van der Waals surface area (Å²) in [4.78, 5) is 23.0. The highest BCUT2D eigenvalue weighted by Gasteiger charge is 2.28. The monoisotopic (exact) mass is 335 g/mol. The fourth-order valence-corrected chi connectivity index (χ4v) is 2.91. The van der Waals surface area contributed by atoms with Crippen LogP contribution in [-0.2, 0) is 0 Å². The molecule has 0 spiro atoms. The van der Waals surface area contributed by atoms with E-state index < -0.39 is 0 Å². The SMILES string of the molecule is Cc1ccc(OC2CCN(C(=O)c3ccc4nccnc4c3)C2)nn1. The van der Waals surface area contributed by atoms with Crippen LogP contribution in [0.4, 0.5) is 0 Å². The van der Waals surface area contributed by atoms with Gasteiger partial charge in [0.15, 0.2) is 0 Å². The van der Waals surface area contributed by atoms with E-state index in [-0.39, 0.29) is 12.0 Å². The van der Waals surface area contributed by atoms with Crippen LogP contribution in [0.15, 0.2) is 42.7 Å². The topological polar surface area (TPSA) is 81.1 Å². The number of likely N-dealkylation sites (tertiary alicyclic amines) is 1. The molecule has 1 unspecified atom stereocenters. The lowest BCUT2D eigenvalue weighted by Gasteiger charge is -2.17. The molecular weight excluding hydrogens is 318 g/mol. The maximum Gasteiger partial charge on any atom is 0.254 e. The van der Waals surface area contributed by atoms with Gasteiger partial charge in [-0.1, -0.05) is 0 Å². The lowest BCUT2D eigenvalue weighted by Crippen LogP contribution is -2.31. The molecule has 1 aromatic carbocycles. The summed E-state index contributed by atoms with van der Waals surface area (Å²) in [5, 5.41) is 8.00. The van der Waals surface area contributed by atoms with Gasteiger partial charge in [-0.25, -0.2) is 0 Å². The predicted molar refractivity (Wildman–Crippen MR) is 91.2 cm³/mol. The van der Waals surface area contributed by atoms with Crippen molar-refractivity contribution in [3.63, 3.8) is 0 Å². The van der Waals surface area contributed by atoms with E-state index in [4.69, 9.17) is 4.74 Å². The maximum atomic E-state index is 12.7. The molecule has 1 aliphatic heterocycles. The Kier molecular flexibility index (Phi) is 3.97. The van der Waals surface area contributed by atoms with Crippen molar-refractivity contribution in [3.05, 3.63) is 54.0 Å². The molecule has 1 amide bonds. The summed E-state index contributed by atoms with van der Waals surface area (Å²) in [6.07, 6.45) is 3.97. The van der Waals surface area contributed by atoms with Crippen molar-refractivity contribution >= 4 is 16.9 Å². The van der Waals surface area contributed by atoms with Gasteiger partial charge in [-0.2, -0.15) is 5.10 Å². The van der Waals surface area contributed by atoms with Crippen LogP contribution in [0.1, 0.15) is 22.5 Å². The number of hydrogen-bond donors (Lipinski definition) is 0. The summed E-state index contributed by atoms with van der Waals surface area (Å²) < 4.78 is 5.83. The second kappa shape index (κ2) is 6.43. The molecule has 7 heteroatoms. The summed E-state index contributed by atoms with van der Waals surface area (Å²) in [5.74, 6) is 0.472. The van der Waals surface area contributed by atoms with E-state index in [1.807, 2.05) is 19.1 Å². The van der Waals surface area contributed by atoms with Crippen molar-refractivity contribution in [1.29, 1.82) is 0 Å². The molecule has 2 aromatic heterocycles. The van der Waals surface area contributed by atoms with Gasteiger partial charge < -0.3 is 9.64 Å². The number of aryl methyl sites for hydroxylation is 1. The third kappa shape index (κ3) is 3.26. The van der Waals surface area contributed by atoms with Crippen LogP contribution in [0.3, 0.4) is 0 Å². The van der Waals surface area contributed by atoms with Gasteiger partial charge in [0.25, 0.3) is 5.91 Å². The first-order valence-corrected chi connectivity index (χ1v) is 8.16. The van der Waals surface area contributed by atoms with Crippen LogP contribution < -0.4 is 4.74 Å². The van der Waals surface area contributed by atoms with E-state index in [0.717, 1.165) is 23.1 Å². The van der Waals surface area contributed by atoms with Gasteiger partial charge in [0.2, 0.25) is 5.88 Å². The van der Waals surface area contributed by atoms with Gasteiger partial charge in [0.1, 0.15) is 6.10 Å². The van der Waals surface area contributed by atoms with Crippen molar-refractivity contribution in [2.45, 2.75) is 19.4 Å². The van der Waals surface area contributed by atoms with E-state index in [1.54, 1.807) is 35.5 Å². The number of benzene rings is 1. The van der Waals surface area contributed by atoms with E-state index in [1.165, 1.54) is 0 Å². The van der Waals surface area contributed by atoms with Crippen LogP contribution >= 0.6 is 0 Å². The van der Waals surface area contributed by atoms with E-state index in [9.17, 15) is 4.79 Å². The number of amides is 1. The molecule has 3 heterocycles. The zero-order chi connectivity index (χ0) is 17.2. The summed E-state index contributed by atoms with van der Waals surface area (Å²) >= 11 is 0. The molecule has 0 N–H and O–H groups in total. The molecule has 0 aliphatic carbocycles. The normalized spacial score (nSPS) is 17.0. The standard InChI is InChI=1S/C18H17N5O2/c1-12-2-5-17(22-21-12)25-14-6-9-23(11-14)18(24)13-3-4-15-16(10-13)20-8-7-19-15/h2-5,7-8,10,14H,6,9,11H2,1H3. The number of nitrogens with zero attached hydrogens (tertiary/aromatic N) is 5. The lowest BCUT2D eigenvalue weighted by atomic mass is 10.1. The highest BCUT2D eigenvalue weighted by Crippen LogP contribution is 2.19. The van der Waals surface area contributed by atoms with Gasteiger partial charge in [-0.15, -0.1) is 5.10 Å². The first-order valence-electron chi connectivity index (χ1n) is 8.16.